The molecule has 1 radical (unpaired) electrons. The van der Waals surface area contributed by atoms with Crippen LogP contribution in [-0.2, 0) is 0 Å². The molecule has 0 saturated carbocycles. The third-order valence-corrected chi connectivity index (χ3v) is 0. The van der Waals surface area contributed by atoms with Crippen molar-refractivity contribution in [2.45, 2.75) is 0 Å². The topological polar surface area (TPSA) is 0 Å². The van der Waals surface area contributed by atoms with E-state index in [1.807, 2.05) is 0 Å². The minimum atomic E-state index is 0. The van der Waals surface area contributed by atoms with E-state index in [-0.39, 0.29) is 29.6 Å². The molecule has 0 aromatic rings. The molecular weight excluding hydrogens is 174 g/mol. The fourth-order valence-electron chi connectivity index (χ4n) is 0. The van der Waals surface area contributed by atoms with E-state index in [4.69, 9.17) is 0 Å². The maximum atomic E-state index is 3.47. The zero-order valence-electron chi connectivity index (χ0n) is 1.79. The molecule has 0 rings (SSSR count). The van der Waals surface area contributed by atoms with Gasteiger partial charge < -0.3 is 0 Å². The molecule has 0 heterocycles. The molecule has 0 unspecified atom stereocenters. The van der Waals surface area contributed by atoms with Gasteiger partial charge in [0.05, 0.1) is 0 Å². The zero-order valence-corrected chi connectivity index (χ0v) is 3.95. The first-order valence-electron chi connectivity index (χ1n) is 0.767. The van der Waals surface area contributed by atoms with Crippen LogP contribution in [0.15, 0.2) is 0 Å². The van der Waals surface area contributed by atoms with Gasteiger partial charge in [0.25, 0.3) is 0 Å². The first-order chi connectivity index (χ1) is 1.41. The molecule has 0 aliphatic carbocycles. The average Bonchev–Trinajstić information content (AvgIpc) is 0.918. The van der Waals surface area contributed by atoms with E-state index in [0.717, 1.165) is 4.43 Å². The van der Waals surface area contributed by atoms with Crippen LogP contribution in [-0.4, -0.2) is 34.0 Å². The molecule has 0 amide bonds. The molecule has 0 spiro atoms. The zero-order chi connectivity index (χ0) is 2.71. The van der Waals surface area contributed by atoms with Crippen LogP contribution in [0.3, 0.4) is 0 Å². The number of halogens is 1. The summed E-state index contributed by atoms with van der Waals surface area (Å²) in [7, 11) is 0. The second-order valence-electron chi connectivity index (χ2n) is 0.189. The van der Waals surface area contributed by atoms with Crippen LogP contribution in [0.5, 0.6) is 0 Å². The predicted molar refractivity (Wildman–Crippen MR) is 31.4 cm³/mol. The fraction of sp³-hybridized carbons (Fsp3) is 0.500. The Hall–Kier alpha value is 1.73. The van der Waals surface area contributed by atoms with Gasteiger partial charge in [-0.25, -0.2) is 0 Å². The van der Waals surface area contributed by atoms with Crippen molar-refractivity contribution >= 4 is 52.1 Å². The van der Waals surface area contributed by atoms with Gasteiger partial charge in [-0.1, -0.05) is 22.6 Å². The summed E-state index contributed by atoms with van der Waals surface area (Å²) in [6.07, 6.45) is 0. The summed E-state index contributed by atoms with van der Waals surface area (Å²) in [6, 6.07) is 0. The van der Waals surface area contributed by atoms with E-state index >= 15 is 0 Å². The number of rotatable bonds is 0. The molecule has 0 fully saturated rings. The van der Waals surface area contributed by atoms with Gasteiger partial charge in [-0.05, 0) is 11.4 Å². The average molecular weight is 179 g/mol. The summed E-state index contributed by atoms with van der Waals surface area (Å²) in [5.41, 5.74) is 0. The molecule has 0 N–H and O–H groups in total. The monoisotopic (exact) mass is 179 g/mol. The molecule has 0 atom stereocenters. The van der Waals surface area contributed by atoms with Crippen LogP contribution in [0.1, 0.15) is 0 Å². The van der Waals surface area contributed by atoms with E-state index < -0.39 is 0 Å². The van der Waals surface area contributed by atoms with Gasteiger partial charge in [0.1, 0.15) is 0 Å². The molecule has 0 aromatic heterocycles. The summed E-state index contributed by atoms with van der Waals surface area (Å²) in [6.45, 7) is 3.47. The van der Waals surface area contributed by atoms with Crippen LogP contribution in [0.2, 0.25) is 0 Å². The second-order valence-corrected chi connectivity index (χ2v) is 1.27. The first-order valence-corrected chi connectivity index (χ1v) is 2.29. The van der Waals surface area contributed by atoms with Gasteiger partial charge in [-0.3, -0.25) is 0 Å². The summed E-state index contributed by atoms with van der Waals surface area (Å²) in [4.78, 5) is 0. The molecular formula is C2H5INa. The molecule has 0 bridgehead atoms. The molecule has 0 aliphatic rings. The SMILES string of the molecule is [CH2]CI.[NaH]. The van der Waals surface area contributed by atoms with Crippen molar-refractivity contribution in [2.75, 3.05) is 4.43 Å². The Morgan fingerprint density at radius 1 is 1.75 bits per heavy atom. The Morgan fingerprint density at radius 3 is 1.75 bits per heavy atom. The second kappa shape index (κ2) is 8.83. The van der Waals surface area contributed by atoms with Crippen molar-refractivity contribution in [3.05, 3.63) is 6.92 Å². The van der Waals surface area contributed by atoms with Gasteiger partial charge in [-0.15, -0.1) is 0 Å². The molecule has 0 aromatic carbocycles. The Bertz CT molecular complexity index is 6.00. The molecule has 0 saturated heterocycles. The Morgan fingerprint density at radius 2 is 1.75 bits per heavy atom. The van der Waals surface area contributed by atoms with E-state index in [1.54, 1.807) is 0 Å². The van der Waals surface area contributed by atoms with Gasteiger partial charge in [0.2, 0.25) is 0 Å². The third-order valence-electron chi connectivity index (χ3n) is 0. The standard InChI is InChI=1S/C2H4I.Na.H/c1-2-3;;/h1-2H2;;. The number of alkyl halides is 1. The predicted octanol–water partition coefficient (Wildman–Crippen LogP) is 0.607. The van der Waals surface area contributed by atoms with Gasteiger partial charge in [-0.2, -0.15) is 0 Å². The van der Waals surface area contributed by atoms with Gasteiger partial charge in [0.15, 0.2) is 0 Å². The molecule has 21 valence electrons. The number of hydrogen-bond acceptors (Lipinski definition) is 0. The fourth-order valence-corrected chi connectivity index (χ4v) is 0. The van der Waals surface area contributed by atoms with Crippen molar-refractivity contribution in [1.29, 1.82) is 0 Å². The Kier molecular flexibility index (Phi) is 20.3. The van der Waals surface area contributed by atoms with Crippen molar-refractivity contribution < 1.29 is 0 Å². The molecule has 0 aliphatic heterocycles. The van der Waals surface area contributed by atoms with Crippen molar-refractivity contribution in [3.63, 3.8) is 0 Å². The Balaban J connectivity index is 0. The van der Waals surface area contributed by atoms with E-state index in [0.29, 0.717) is 0 Å². The summed E-state index contributed by atoms with van der Waals surface area (Å²) >= 11 is 2.18. The first kappa shape index (κ1) is 9.21. The molecule has 0 nitrogen and oxygen atoms in total. The van der Waals surface area contributed by atoms with Crippen LogP contribution < -0.4 is 0 Å². The van der Waals surface area contributed by atoms with Gasteiger partial charge in [0, 0.05) is 0 Å². The van der Waals surface area contributed by atoms with E-state index in [9.17, 15) is 0 Å². The van der Waals surface area contributed by atoms with Crippen LogP contribution in [0.4, 0.5) is 0 Å². The van der Waals surface area contributed by atoms with Crippen molar-refractivity contribution in [3.8, 4) is 0 Å². The third kappa shape index (κ3) is 9.29. The summed E-state index contributed by atoms with van der Waals surface area (Å²) in [5, 5.41) is 0. The van der Waals surface area contributed by atoms with Crippen LogP contribution in [0, 0.1) is 6.92 Å². The number of hydrogen-bond donors (Lipinski definition) is 0. The summed E-state index contributed by atoms with van der Waals surface area (Å²) in [5.74, 6) is 0. The van der Waals surface area contributed by atoms with Crippen molar-refractivity contribution in [2.24, 2.45) is 0 Å². The van der Waals surface area contributed by atoms with E-state index in [1.165, 1.54) is 0 Å². The molecule has 4 heavy (non-hydrogen) atoms. The van der Waals surface area contributed by atoms with Crippen LogP contribution >= 0.6 is 22.6 Å². The summed E-state index contributed by atoms with van der Waals surface area (Å²) < 4.78 is 0.970. The van der Waals surface area contributed by atoms with E-state index in [2.05, 4.69) is 29.5 Å². The van der Waals surface area contributed by atoms with Crippen molar-refractivity contribution in [1.82, 2.24) is 0 Å². The normalized spacial score (nSPS) is 4.50. The Labute approximate surface area is 62.8 Å². The quantitative estimate of drug-likeness (QED) is 0.290. The maximum absolute atomic E-state index is 3.47. The van der Waals surface area contributed by atoms with Gasteiger partial charge >= 0.3 is 29.6 Å². The molecule has 2 heteroatoms. The van der Waals surface area contributed by atoms with Crippen LogP contribution in [0.25, 0.3) is 0 Å². The minimum absolute atomic E-state index is 0.